The third-order valence-electron chi connectivity index (χ3n) is 4.85. The summed E-state index contributed by atoms with van der Waals surface area (Å²) in [5, 5.41) is 7.01. The van der Waals surface area contributed by atoms with E-state index in [1.54, 1.807) is 19.4 Å². The number of ether oxygens (including phenoxy) is 2. The van der Waals surface area contributed by atoms with Crippen LogP contribution in [0.2, 0.25) is 0 Å². The number of benzene rings is 2. The monoisotopic (exact) mass is 399 g/mol. The van der Waals surface area contributed by atoms with Gasteiger partial charge in [-0.05, 0) is 25.1 Å². The maximum absolute atomic E-state index is 14.3. The number of halogens is 2. The van der Waals surface area contributed by atoms with Gasteiger partial charge in [-0.2, -0.15) is 5.10 Å². The van der Waals surface area contributed by atoms with Crippen LogP contribution in [-0.2, 0) is 4.79 Å². The third kappa shape index (κ3) is 3.30. The Morgan fingerprint density at radius 1 is 1.24 bits per heavy atom. The molecule has 1 unspecified atom stereocenters. The largest absolute Gasteiger partial charge is 0.493 e. The lowest BCUT2D eigenvalue weighted by Crippen LogP contribution is -2.25. The Labute approximate surface area is 166 Å². The summed E-state index contributed by atoms with van der Waals surface area (Å²) in [6.45, 7) is 2.30. The molecule has 1 aromatic heterocycles. The molecule has 0 saturated carbocycles. The van der Waals surface area contributed by atoms with Crippen molar-refractivity contribution in [2.75, 3.05) is 19.0 Å². The second-order valence-corrected chi connectivity index (χ2v) is 6.57. The first-order valence-corrected chi connectivity index (χ1v) is 9.16. The number of carbonyl (C=O) groups is 1. The average Bonchev–Trinajstić information content (AvgIpc) is 3.11. The molecule has 0 aliphatic carbocycles. The van der Waals surface area contributed by atoms with Gasteiger partial charge in [0.05, 0.1) is 19.9 Å². The van der Waals surface area contributed by atoms with Gasteiger partial charge in [0.1, 0.15) is 17.3 Å². The molecule has 6 nitrogen and oxygen atoms in total. The van der Waals surface area contributed by atoms with Gasteiger partial charge in [-0.25, -0.2) is 13.5 Å². The topological polar surface area (TPSA) is 65.4 Å². The highest BCUT2D eigenvalue weighted by atomic mass is 19.1. The molecule has 1 atom stereocenters. The summed E-state index contributed by atoms with van der Waals surface area (Å²) in [5.41, 5.74) is 1.54. The van der Waals surface area contributed by atoms with Crippen LogP contribution in [0.3, 0.4) is 0 Å². The standard InChI is InChI=1S/C21H19F2N3O3/c1-3-29-20-13(5-4-6-18(20)28-2)14-10-19(27)25-21-15(14)11-24-26(21)17-8-7-12(22)9-16(17)23/h4-9,11,14H,3,10H2,1-2H3,(H,25,27). The Kier molecular flexibility index (Phi) is 4.92. The molecule has 3 aromatic rings. The summed E-state index contributed by atoms with van der Waals surface area (Å²) < 4.78 is 40.1. The maximum atomic E-state index is 14.3. The second kappa shape index (κ2) is 7.54. The van der Waals surface area contributed by atoms with Crippen LogP contribution < -0.4 is 14.8 Å². The van der Waals surface area contributed by atoms with Crippen molar-refractivity contribution in [1.82, 2.24) is 9.78 Å². The molecular formula is C21H19F2N3O3. The van der Waals surface area contributed by atoms with Crippen molar-refractivity contribution >= 4 is 11.7 Å². The number of nitrogens with one attached hydrogen (secondary N) is 1. The molecule has 0 saturated heterocycles. The summed E-state index contributed by atoms with van der Waals surface area (Å²) in [6, 6.07) is 8.69. The fourth-order valence-electron chi connectivity index (χ4n) is 3.60. The lowest BCUT2D eigenvalue weighted by Gasteiger charge is -2.26. The molecule has 0 radical (unpaired) electrons. The zero-order valence-electron chi connectivity index (χ0n) is 15.9. The number of amides is 1. The molecule has 4 rings (SSSR count). The first-order valence-electron chi connectivity index (χ1n) is 9.16. The Morgan fingerprint density at radius 2 is 2.07 bits per heavy atom. The number of hydrogen-bond donors (Lipinski definition) is 1. The van der Waals surface area contributed by atoms with Crippen LogP contribution >= 0.6 is 0 Å². The van der Waals surface area contributed by atoms with Gasteiger partial charge < -0.3 is 14.8 Å². The van der Waals surface area contributed by atoms with E-state index in [1.807, 2.05) is 19.1 Å². The van der Waals surface area contributed by atoms with Gasteiger partial charge in [-0.15, -0.1) is 0 Å². The van der Waals surface area contributed by atoms with Gasteiger partial charge in [-0.3, -0.25) is 4.79 Å². The Hall–Kier alpha value is -3.42. The van der Waals surface area contributed by atoms with Crippen molar-refractivity contribution in [2.45, 2.75) is 19.3 Å². The van der Waals surface area contributed by atoms with Crippen LogP contribution in [0.25, 0.3) is 5.69 Å². The van der Waals surface area contributed by atoms with Crippen molar-refractivity contribution in [1.29, 1.82) is 0 Å². The molecule has 0 spiro atoms. The van der Waals surface area contributed by atoms with E-state index >= 15 is 0 Å². The van der Waals surface area contributed by atoms with Gasteiger partial charge in [0.15, 0.2) is 17.3 Å². The van der Waals surface area contributed by atoms with Gasteiger partial charge in [0, 0.05) is 29.5 Å². The molecule has 1 aliphatic rings. The Morgan fingerprint density at radius 3 is 2.79 bits per heavy atom. The lowest BCUT2D eigenvalue weighted by molar-refractivity contribution is -0.116. The number of rotatable bonds is 5. The van der Waals surface area contributed by atoms with Gasteiger partial charge >= 0.3 is 0 Å². The molecule has 1 amide bonds. The van der Waals surface area contributed by atoms with Gasteiger partial charge in [-0.1, -0.05) is 12.1 Å². The second-order valence-electron chi connectivity index (χ2n) is 6.57. The molecule has 8 heteroatoms. The highest BCUT2D eigenvalue weighted by Gasteiger charge is 2.33. The Bertz CT molecular complexity index is 1080. The first-order chi connectivity index (χ1) is 14.0. The van der Waals surface area contributed by atoms with Gasteiger partial charge in [0.2, 0.25) is 5.91 Å². The number of methoxy groups -OCH3 is 1. The number of anilines is 1. The summed E-state index contributed by atoms with van der Waals surface area (Å²) in [5.74, 6) is -0.583. The summed E-state index contributed by atoms with van der Waals surface area (Å²) in [7, 11) is 1.55. The average molecular weight is 399 g/mol. The minimum Gasteiger partial charge on any atom is -0.493 e. The van der Waals surface area contributed by atoms with E-state index in [1.165, 1.54) is 10.7 Å². The van der Waals surface area contributed by atoms with Crippen LogP contribution in [0, 0.1) is 11.6 Å². The molecule has 29 heavy (non-hydrogen) atoms. The normalized spacial score (nSPS) is 15.6. The van der Waals surface area contributed by atoms with Crippen LogP contribution in [0.5, 0.6) is 11.5 Å². The van der Waals surface area contributed by atoms with Crippen LogP contribution in [0.4, 0.5) is 14.6 Å². The van der Waals surface area contributed by atoms with Crippen LogP contribution in [0.15, 0.2) is 42.6 Å². The quantitative estimate of drug-likeness (QED) is 0.704. The number of fused-ring (bicyclic) bond motifs is 1. The summed E-state index contributed by atoms with van der Waals surface area (Å²) >= 11 is 0. The highest BCUT2D eigenvalue weighted by Crippen LogP contribution is 2.44. The molecule has 150 valence electrons. The number of nitrogens with zero attached hydrogens (tertiary/aromatic N) is 2. The minimum absolute atomic E-state index is 0.0456. The molecule has 0 bridgehead atoms. The zero-order chi connectivity index (χ0) is 20.5. The predicted octanol–water partition coefficient (Wildman–Crippen LogP) is 4.03. The van der Waals surface area contributed by atoms with Crippen LogP contribution in [0.1, 0.15) is 30.4 Å². The van der Waals surface area contributed by atoms with E-state index in [0.29, 0.717) is 29.5 Å². The molecule has 2 heterocycles. The first kappa shape index (κ1) is 18.9. The zero-order valence-corrected chi connectivity index (χ0v) is 15.9. The van der Waals surface area contributed by atoms with Crippen molar-refractivity contribution in [3.05, 3.63) is 65.4 Å². The molecule has 2 aromatic carbocycles. The summed E-state index contributed by atoms with van der Waals surface area (Å²) in [4.78, 5) is 12.5. The Balaban J connectivity index is 1.85. The number of para-hydroxylation sites is 1. The summed E-state index contributed by atoms with van der Waals surface area (Å²) in [6.07, 6.45) is 1.76. The van der Waals surface area contributed by atoms with Crippen molar-refractivity contribution in [3.63, 3.8) is 0 Å². The third-order valence-corrected chi connectivity index (χ3v) is 4.85. The molecular weight excluding hydrogens is 380 g/mol. The van der Waals surface area contributed by atoms with Crippen LogP contribution in [-0.4, -0.2) is 29.4 Å². The fourth-order valence-corrected chi connectivity index (χ4v) is 3.60. The fraction of sp³-hybridized carbons (Fsp3) is 0.238. The van der Waals surface area contributed by atoms with Crippen molar-refractivity contribution in [3.8, 4) is 17.2 Å². The van der Waals surface area contributed by atoms with Gasteiger partial charge in [0.25, 0.3) is 0 Å². The van der Waals surface area contributed by atoms with E-state index in [9.17, 15) is 13.6 Å². The number of carbonyl (C=O) groups excluding carboxylic acids is 1. The maximum Gasteiger partial charge on any atom is 0.226 e. The minimum atomic E-state index is -0.774. The highest BCUT2D eigenvalue weighted by molar-refractivity contribution is 5.95. The smallest absolute Gasteiger partial charge is 0.226 e. The molecule has 1 N–H and O–H groups in total. The van der Waals surface area contributed by atoms with E-state index in [4.69, 9.17) is 9.47 Å². The SMILES string of the molecule is CCOc1c(OC)cccc1C1CC(=O)Nc2c1cnn2-c1ccc(F)cc1F. The molecule has 1 aliphatic heterocycles. The predicted molar refractivity (Wildman–Crippen MR) is 103 cm³/mol. The van der Waals surface area contributed by atoms with E-state index in [0.717, 1.165) is 17.7 Å². The van der Waals surface area contributed by atoms with Crippen molar-refractivity contribution in [2.24, 2.45) is 0 Å². The number of aromatic nitrogens is 2. The lowest BCUT2D eigenvalue weighted by atomic mass is 9.86. The van der Waals surface area contributed by atoms with Crippen molar-refractivity contribution < 1.29 is 23.0 Å². The van der Waals surface area contributed by atoms with E-state index < -0.39 is 11.6 Å². The van der Waals surface area contributed by atoms with E-state index in [2.05, 4.69) is 10.4 Å². The molecule has 0 fully saturated rings. The number of hydrogen-bond acceptors (Lipinski definition) is 4. The van der Waals surface area contributed by atoms with E-state index in [-0.39, 0.29) is 23.9 Å².